The van der Waals surface area contributed by atoms with Crippen LogP contribution in [0.4, 0.5) is 4.39 Å². The predicted molar refractivity (Wildman–Crippen MR) is 66.4 cm³/mol. The van der Waals surface area contributed by atoms with Crippen molar-refractivity contribution in [2.24, 2.45) is 5.41 Å². The van der Waals surface area contributed by atoms with Crippen molar-refractivity contribution in [1.29, 1.82) is 0 Å². The standard InChI is InChI=1S/C13H16BrFO/c1-13(2)8-16-7-12(13)11-4-3-10(15)5-9(11)6-14/h3-5,12H,6-8H2,1-2H3. The van der Waals surface area contributed by atoms with E-state index in [2.05, 4.69) is 29.8 Å². The lowest BCUT2D eigenvalue weighted by Gasteiger charge is -2.26. The minimum absolute atomic E-state index is 0.134. The van der Waals surface area contributed by atoms with E-state index in [0.717, 1.165) is 18.8 Å². The van der Waals surface area contributed by atoms with Gasteiger partial charge < -0.3 is 4.74 Å². The van der Waals surface area contributed by atoms with Crippen molar-refractivity contribution in [3.63, 3.8) is 0 Å². The van der Waals surface area contributed by atoms with Crippen LogP contribution in [0.3, 0.4) is 0 Å². The fraction of sp³-hybridized carbons (Fsp3) is 0.538. The molecule has 0 radical (unpaired) electrons. The zero-order valence-electron chi connectivity index (χ0n) is 9.59. The maximum Gasteiger partial charge on any atom is 0.123 e. The van der Waals surface area contributed by atoms with Gasteiger partial charge >= 0.3 is 0 Å². The van der Waals surface area contributed by atoms with Gasteiger partial charge in [0.25, 0.3) is 0 Å². The summed E-state index contributed by atoms with van der Waals surface area (Å²) in [5.41, 5.74) is 2.37. The normalized spacial score (nSPS) is 23.6. The van der Waals surface area contributed by atoms with Crippen LogP contribution >= 0.6 is 15.9 Å². The molecule has 16 heavy (non-hydrogen) atoms. The molecule has 1 saturated heterocycles. The van der Waals surface area contributed by atoms with Crippen LogP contribution in [-0.4, -0.2) is 13.2 Å². The Bertz CT molecular complexity index is 390. The minimum atomic E-state index is -0.171. The fourth-order valence-corrected chi connectivity index (χ4v) is 2.79. The van der Waals surface area contributed by atoms with Crippen LogP contribution in [0.2, 0.25) is 0 Å². The number of hydrogen-bond acceptors (Lipinski definition) is 1. The van der Waals surface area contributed by atoms with E-state index >= 15 is 0 Å². The third kappa shape index (κ3) is 2.16. The Kier molecular flexibility index (Phi) is 3.36. The number of alkyl halides is 1. The number of halogens is 2. The molecule has 3 heteroatoms. The molecular formula is C13H16BrFO. The highest BCUT2D eigenvalue weighted by atomic mass is 79.9. The maximum atomic E-state index is 13.2. The van der Waals surface area contributed by atoms with Crippen molar-refractivity contribution in [2.45, 2.75) is 25.1 Å². The Hall–Kier alpha value is -0.410. The summed E-state index contributed by atoms with van der Waals surface area (Å²) in [6.45, 7) is 5.91. The van der Waals surface area contributed by atoms with Crippen molar-refractivity contribution < 1.29 is 9.13 Å². The van der Waals surface area contributed by atoms with E-state index in [-0.39, 0.29) is 11.2 Å². The molecule has 0 N–H and O–H groups in total. The smallest absolute Gasteiger partial charge is 0.123 e. The topological polar surface area (TPSA) is 9.23 Å². The van der Waals surface area contributed by atoms with Gasteiger partial charge in [-0.15, -0.1) is 0 Å². The van der Waals surface area contributed by atoms with Crippen LogP contribution in [0.15, 0.2) is 18.2 Å². The third-order valence-corrected chi connectivity index (χ3v) is 3.93. The number of benzene rings is 1. The second-order valence-corrected chi connectivity index (χ2v) is 5.59. The Morgan fingerprint density at radius 3 is 2.81 bits per heavy atom. The maximum absolute atomic E-state index is 13.2. The van der Waals surface area contributed by atoms with Gasteiger partial charge in [-0.25, -0.2) is 4.39 Å². The van der Waals surface area contributed by atoms with Gasteiger partial charge in [0.2, 0.25) is 0 Å². The monoisotopic (exact) mass is 286 g/mol. The molecule has 1 nitrogen and oxygen atoms in total. The molecule has 1 aromatic carbocycles. The van der Waals surface area contributed by atoms with Crippen molar-refractivity contribution in [3.05, 3.63) is 35.1 Å². The van der Waals surface area contributed by atoms with Gasteiger partial charge in [0.1, 0.15) is 5.82 Å². The van der Waals surface area contributed by atoms with Gasteiger partial charge in [-0.2, -0.15) is 0 Å². The molecule has 2 rings (SSSR count). The number of ether oxygens (including phenoxy) is 1. The largest absolute Gasteiger partial charge is 0.380 e. The summed E-state index contributed by atoms with van der Waals surface area (Å²) < 4.78 is 18.7. The van der Waals surface area contributed by atoms with Crippen LogP contribution in [0.25, 0.3) is 0 Å². The molecular weight excluding hydrogens is 271 g/mol. The van der Waals surface area contributed by atoms with E-state index in [1.54, 1.807) is 6.07 Å². The molecule has 1 aliphatic heterocycles. The quantitative estimate of drug-likeness (QED) is 0.750. The first-order valence-electron chi connectivity index (χ1n) is 5.46. The minimum Gasteiger partial charge on any atom is -0.380 e. The highest BCUT2D eigenvalue weighted by Gasteiger charge is 2.37. The second-order valence-electron chi connectivity index (χ2n) is 5.03. The zero-order valence-corrected chi connectivity index (χ0v) is 11.2. The summed E-state index contributed by atoms with van der Waals surface area (Å²) in [6.07, 6.45) is 0. The summed E-state index contributed by atoms with van der Waals surface area (Å²) in [5, 5.41) is 0.687. The van der Waals surface area contributed by atoms with Crippen LogP contribution in [0.5, 0.6) is 0 Å². The van der Waals surface area contributed by atoms with E-state index in [0.29, 0.717) is 11.2 Å². The Labute approximate surface area is 104 Å². The molecule has 0 amide bonds. The average Bonchev–Trinajstić information content (AvgIpc) is 2.58. The van der Waals surface area contributed by atoms with Gasteiger partial charge in [-0.05, 0) is 28.7 Å². The summed E-state index contributed by atoms with van der Waals surface area (Å²) in [4.78, 5) is 0. The molecule has 1 aromatic rings. The lowest BCUT2D eigenvalue weighted by atomic mass is 9.76. The Morgan fingerprint density at radius 1 is 1.50 bits per heavy atom. The summed E-state index contributed by atoms with van der Waals surface area (Å²) in [6, 6.07) is 5.04. The zero-order chi connectivity index (χ0) is 11.8. The SMILES string of the molecule is CC1(C)COCC1c1ccc(F)cc1CBr. The molecule has 1 fully saturated rings. The van der Waals surface area contributed by atoms with Gasteiger partial charge in [0, 0.05) is 11.2 Å². The number of rotatable bonds is 2. The Morgan fingerprint density at radius 2 is 2.25 bits per heavy atom. The van der Waals surface area contributed by atoms with E-state index in [1.165, 1.54) is 11.6 Å². The summed E-state index contributed by atoms with van der Waals surface area (Å²) in [5.74, 6) is 0.190. The molecule has 1 atom stereocenters. The van der Waals surface area contributed by atoms with Crippen LogP contribution in [-0.2, 0) is 10.1 Å². The highest BCUT2D eigenvalue weighted by molar-refractivity contribution is 9.08. The first kappa shape index (κ1) is 12.1. The predicted octanol–water partition coefficient (Wildman–Crippen LogP) is 3.86. The van der Waals surface area contributed by atoms with Gasteiger partial charge in [-0.3, -0.25) is 0 Å². The first-order valence-corrected chi connectivity index (χ1v) is 6.59. The van der Waals surface area contributed by atoms with E-state index in [9.17, 15) is 4.39 Å². The molecule has 1 unspecified atom stereocenters. The molecule has 0 aromatic heterocycles. The molecule has 1 heterocycles. The average molecular weight is 287 g/mol. The van der Waals surface area contributed by atoms with Crippen molar-refractivity contribution in [1.82, 2.24) is 0 Å². The molecule has 88 valence electrons. The fourth-order valence-electron chi connectivity index (χ4n) is 2.31. The molecule has 0 saturated carbocycles. The van der Waals surface area contributed by atoms with Crippen LogP contribution in [0, 0.1) is 11.2 Å². The molecule has 0 bridgehead atoms. The molecule has 0 aliphatic carbocycles. The Balaban J connectivity index is 2.40. The molecule has 0 spiro atoms. The van der Waals surface area contributed by atoms with E-state index in [4.69, 9.17) is 4.74 Å². The first-order chi connectivity index (χ1) is 7.54. The van der Waals surface area contributed by atoms with Crippen molar-refractivity contribution in [2.75, 3.05) is 13.2 Å². The molecule has 1 aliphatic rings. The van der Waals surface area contributed by atoms with Gasteiger partial charge in [0.15, 0.2) is 0 Å². The lowest BCUT2D eigenvalue weighted by molar-refractivity contribution is 0.167. The van der Waals surface area contributed by atoms with E-state index < -0.39 is 0 Å². The third-order valence-electron chi connectivity index (χ3n) is 3.33. The lowest BCUT2D eigenvalue weighted by Crippen LogP contribution is -2.21. The van der Waals surface area contributed by atoms with Gasteiger partial charge in [0.05, 0.1) is 13.2 Å². The summed E-state index contributed by atoms with van der Waals surface area (Å²) in [7, 11) is 0. The summed E-state index contributed by atoms with van der Waals surface area (Å²) >= 11 is 3.42. The van der Waals surface area contributed by atoms with E-state index in [1.807, 2.05) is 6.07 Å². The van der Waals surface area contributed by atoms with Crippen molar-refractivity contribution in [3.8, 4) is 0 Å². The van der Waals surface area contributed by atoms with Crippen LogP contribution < -0.4 is 0 Å². The highest BCUT2D eigenvalue weighted by Crippen LogP contribution is 2.42. The van der Waals surface area contributed by atoms with Gasteiger partial charge in [-0.1, -0.05) is 35.8 Å². The van der Waals surface area contributed by atoms with Crippen LogP contribution in [0.1, 0.15) is 30.9 Å². The second kappa shape index (κ2) is 4.46. The number of hydrogen-bond donors (Lipinski definition) is 0. The van der Waals surface area contributed by atoms with Crippen molar-refractivity contribution >= 4 is 15.9 Å².